The van der Waals surface area contributed by atoms with Gasteiger partial charge in [-0.05, 0) is 36.0 Å². The lowest BCUT2D eigenvalue weighted by molar-refractivity contribution is -0.384. The van der Waals surface area contributed by atoms with Crippen LogP contribution in [0.15, 0.2) is 71.1 Å². The number of nitrogens with one attached hydrogen (secondary N) is 1. The maximum Gasteiger partial charge on any atom is 0.280 e. The van der Waals surface area contributed by atoms with Crippen molar-refractivity contribution in [2.24, 2.45) is 0 Å². The second-order valence-electron chi connectivity index (χ2n) is 8.93. The maximum atomic E-state index is 13.2. The zero-order valence-electron chi connectivity index (χ0n) is 20.0. The van der Waals surface area contributed by atoms with E-state index in [1.165, 1.54) is 6.07 Å². The van der Waals surface area contributed by atoms with Crippen LogP contribution in [0.4, 0.5) is 5.69 Å². The first-order valence-electron chi connectivity index (χ1n) is 11.9. The summed E-state index contributed by atoms with van der Waals surface area (Å²) >= 11 is 0. The number of nitrogens with zero attached hydrogens (tertiary/aromatic N) is 4. The van der Waals surface area contributed by atoms with E-state index in [4.69, 9.17) is 4.42 Å². The summed E-state index contributed by atoms with van der Waals surface area (Å²) in [5.41, 5.74) is 0.785. The molecule has 1 aromatic heterocycles. The number of nitro groups is 1. The number of oxazole rings is 1. The van der Waals surface area contributed by atoms with Gasteiger partial charge in [0.05, 0.1) is 10.5 Å². The third kappa shape index (κ3) is 4.98. The van der Waals surface area contributed by atoms with Crippen LogP contribution in [-0.4, -0.2) is 71.9 Å². The van der Waals surface area contributed by atoms with Crippen molar-refractivity contribution in [3.8, 4) is 22.8 Å². The molecule has 0 spiro atoms. The SMILES string of the molecule is CN1CCN(CCNC(=O)c2nc(-c3ccc4ccccc4c3)oc2-c2ccccc2[N+](=O)[O-])CC1. The zero-order chi connectivity index (χ0) is 25.1. The number of carbonyl (C=O) groups is 1. The molecule has 9 nitrogen and oxygen atoms in total. The van der Waals surface area contributed by atoms with E-state index in [0.717, 1.165) is 43.5 Å². The van der Waals surface area contributed by atoms with Crippen LogP contribution in [0.5, 0.6) is 0 Å². The summed E-state index contributed by atoms with van der Waals surface area (Å²) in [6, 6.07) is 19.9. The highest BCUT2D eigenvalue weighted by molar-refractivity contribution is 5.99. The van der Waals surface area contributed by atoms with Gasteiger partial charge in [-0.2, -0.15) is 0 Å². The van der Waals surface area contributed by atoms with Crippen LogP contribution < -0.4 is 5.32 Å². The van der Waals surface area contributed by atoms with E-state index < -0.39 is 10.8 Å². The molecule has 0 atom stereocenters. The average Bonchev–Trinajstić information content (AvgIpc) is 3.35. The first-order valence-corrected chi connectivity index (χ1v) is 11.9. The Morgan fingerprint density at radius 1 is 1.03 bits per heavy atom. The van der Waals surface area contributed by atoms with Gasteiger partial charge < -0.3 is 14.6 Å². The molecule has 1 aliphatic rings. The predicted octanol–water partition coefficient (Wildman–Crippen LogP) is 4.05. The summed E-state index contributed by atoms with van der Waals surface area (Å²) in [4.78, 5) is 33.6. The zero-order valence-corrected chi connectivity index (χ0v) is 20.0. The minimum absolute atomic E-state index is 0.0332. The maximum absolute atomic E-state index is 13.2. The van der Waals surface area contributed by atoms with Crippen molar-refractivity contribution in [2.75, 3.05) is 46.3 Å². The smallest absolute Gasteiger partial charge is 0.280 e. The van der Waals surface area contributed by atoms with E-state index in [-0.39, 0.29) is 28.6 Å². The van der Waals surface area contributed by atoms with E-state index >= 15 is 0 Å². The number of nitro benzene ring substituents is 1. The Morgan fingerprint density at radius 3 is 2.53 bits per heavy atom. The van der Waals surface area contributed by atoms with Crippen molar-refractivity contribution in [1.82, 2.24) is 20.1 Å². The highest BCUT2D eigenvalue weighted by Gasteiger charge is 2.27. The number of likely N-dealkylation sites (N-methyl/N-ethyl adjacent to an activating group) is 1. The fraction of sp³-hybridized carbons (Fsp3) is 0.259. The van der Waals surface area contributed by atoms with Gasteiger partial charge >= 0.3 is 0 Å². The summed E-state index contributed by atoms with van der Waals surface area (Å²) in [5, 5.41) is 16.7. The molecule has 4 aromatic rings. The summed E-state index contributed by atoms with van der Waals surface area (Å²) in [7, 11) is 2.10. The second-order valence-corrected chi connectivity index (χ2v) is 8.93. The van der Waals surface area contributed by atoms with Gasteiger partial charge in [0, 0.05) is 50.9 Å². The number of carbonyl (C=O) groups excluding carboxylic acids is 1. The van der Waals surface area contributed by atoms with E-state index in [2.05, 4.69) is 27.1 Å². The molecule has 0 saturated carbocycles. The van der Waals surface area contributed by atoms with Gasteiger partial charge in [0.25, 0.3) is 11.6 Å². The Balaban J connectivity index is 1.46. The minimum Gasteiger partial charge on any atom is -0.435 e. The van der Waals surface area contributed by atoms with Crippen molar-refractivity contribution in [3.63, 3.8) is 0 Å². The van der Waals surface area contributed by atoms with Gasteiger partial charge in [-0.15, -0.1) is 0 Å². The Kier molecular flexibility index (Phi) is 6.75. The van der Waals surface area contributed by atoms with Gasteiger partial charge in [0.2, 0.25) is 5.89 Å². The molecule has 184 valence electrons. The number of rotatable bonds is 7. The van der Waals surface area contributed by atoms with Crippen molar-refractivity contribution < 1.29 is 14.1 Å². The first kappa shape index (κ1) is 23.7. The van der Waals surface area contributed by atoms with Crippen LogP contribution in [0.1, 0.15) is 10.5 Å². The number of para-hydroxylation sites is 1. The monoisotopic (exact) mass is 485 g/mol. The molecule has 0 bridgehead atoms. The molecule has 1 aliphatic heterocycles. The molecule has 1 N–H and O–H groups in total. The first-order chi connectivity index (χ1) is 17.5. The van der Waals surface area contributed by atoms with Gasteiger partial charge in [0.1, 0.15) is 0 Å². The van der Waals surface area contributed by atoms with Gasteiger partial charge in [0.15, 0.2) is 11.5 Å². The number of benzene rings is 3. The molecule has 1 fully saturated rings. The van der Waals surface area contributed by atoms with Crippen LogP contribution >= 0.6 is 0 Å². The topological polar surface area (TPSA) is 105 Å². The van der Waals surface area contributed by atoms with Crippen molar-refractivity contribution in [1.29, 1.82) is 0 Å². The Bertz CT molecular complexity index is 1410. The number of piperazine rings is 1. The summed E-state index contributed by atoms with van der Waals surface area (Å²) in [6.07, 6.45) is 0. The minimum atomic E-state index is -0.484. The van der Waals surface area contributed by atoms with E-state index in [0.29, 0.717) is 12.1 Å². The molecular formula is C27H27N5O4. The van der Waals surface area contributed by atoms with Crippen LogP contribution in [0, 0.1) is 10.1 Å². The molecule has 0 unspecified atom stereocenters. The van der Waals surface area contributed by atoms with Crippen LogP contribution in [0.3, 0.4) is 0 Å². The third-order valence-electron chi connectivity index (χ3n) is 6.49. The number of fused-ring (bicyclic) bond motifs is 1. The van der Waals surface area contributed by atoms with Crippen LogP contribution in [0.25, 0.3) is 33.6 Å². The van der Waals surface area contributed by atoms with E-state index in [1.807, 2.05) is 42.5 Å². The molecule has 9 heteroatoms. The lowest BCUT2D eigenvalue weighted by atomic mass is 10.1. The van der Waals surface area contributed by atoms with Crippen LogP contribution in [0.2, 0.25) is 0 Å². The molecule has 5 rings (SSSR count). The Morgan fingerprint density at radius 2 is 1.75 bits per heavy atom. The lowest BCUT2D eigenvalue weighted by Gasteiger charge is -2.32. The van der Waals surface area contributed by atoms with Gasteiger partial charge in [-0.1, -0.05) is 42.5 Å². The average molecular weight is 486 g/mol. The summed E-state index contributed by atoms with van der Waals surface area (Å²) in [5.74, 6) is -0.103. The highest BCUT2D eigenvalue weighted by Crippen LogP contribution is 2.36. The Labute approximate surface area is 208 Å². The summed E-state index contributed by atoms with van der Waals surface area (Å²) in [6.45, 7) is 5.04. The van der Waals surface area contributed by atoms with E-state index in [1.54, 1.807) is 18.2 Å². The molecular weight excluding hydrogens is 458 g/mol. The van der Waals surface area contributed by atoms with Crippen LogP contribution in [-0.2, 0) is 0 Å². The summed E-state index contributed by atoms with van der Waals surface area (Å²) < 4.78 is 6.06. The normalized spacial score (nSPS) is 14.7. The number of aromatic nitrogens is 1. The molecule has 1 amide bonds. The highest BCUT2D eigenvalue weighted by atomic mass is 16.6. The van der Waals surface area contributed by atoms with Gasteiger partial charge in [-0.25, -0.2) is 4.98 Å². The molecule has 0 radical (unpaired) electrons. The molecule has 2 heterocycles. The van der Waals surface area contributed by atoms with E-state index in [9.17, 15) is 14.9 Å². The molecule has 36 heavy (non-hydrogen) atoms. The standard InChI is InChI=1S/C27H27N5O4/c1-30-14-16-31(17-15-30)13-12-28-26(33)24-25(22-8-4-5-9-23(22)32(34)35)36-27(29-24)21-11-10-19-6-2-3-7-20(19)18-21/h2-11,18H,12-17H2,1H3,(H,28,33). The molecule has 1 saturated heterocycles. The van der Waals surface area contributed by atoms with Gasteiger partial charge in [-0.3, -0.25) is 19.8 Å². The largest absolute Gasteiger partial charge is 0.435 e. The Hall–Kier alpha value is -4.08. The van der Waals surface area contributed by atoms with Crippen molar-refractivity contribution in [3.05, 3.63) is 82.5 Å². The second kappa shape index (κ2) is 10.3. The van der Waals surface area contributed by atoms with Crippen molar-refractivity contribution in [2.45, 2.75) is 0 Å². The third-order valence-corrected chi connectivity index (χ3v) is 6.49. The number of hydrogen-bond donors (Lipinski definition) is 1. The molecule has 3 aromatic carbocycles. The number of hydrogen-bond acceptors (Lipinski definition) is 7. The molecule has 0 aliphatic carbocycles. The predicted molar refractivity (Wildman–Crippen MR) is 138 cm³/mol. The lowest BCUT2D eigenvalue weighted by Crippen LogP contribution is -2.46. The fourth-order valence-electron chi connectivity index (χ4n) is 4.41. The van der Waals surface area contributed by atoms with Crippen molar-refractivity contribution >= 4 is 22.4 Å². The quantitative estimate of drug-likeness (QED) is 0.311. The fourth-order valence-corrected chi connectivity index (χ4v) is 4.41. The number of amides is 1.